The highest BCUT2D eigenvalue weighted by atomic mass is 79.9. The Hall–Kier alpha value is 0.180. The number of hydrogen-bond acceptors (Lipinski definition) is 1. The van der Waals surface area contributed by atoms with E-state index < -0.39 is 0 Å². The summed E-state index contributed by atoms with van der Waals surface area (Å²) in [5.74, 6) is 0. The zero-order chi connectivity index (χ0) is 5.15. The summed E-state index contributed by atoms with van der Waals surface area (Å²) in [5.41, 5.74) is 0. The van der Waals surface area contributed by atoms with E-state index >= 15 is 0 Å². The zero-order valence-corrected chi connectivity index (χ0v) is 5.21. The highest BCUT2D eigenvalue weighted by Gasteiger charge is 1.92. The minimum atomic E-state index is -0.357. The fourth-order valence-electron chi connectivity index (χ4n) is 0. The number of carbonyl (C=O) groups excluding carboxylic acids is 1. The molecule has 0 aliphatic rings. The number of halogens is 2. The van der Waals surface area contributed by atoms with E-state index in [2.05, 4.69) is 22.5 Å². The maximum atomic E-state index is 9.83. The smallest absolute Gasteiger partial charge is 0.238 e. The Morgan fingerprint density at radius 3 is 2.00 bits per heavy atom. The Morgan fingerprint density at radius 1 is 1.83 bits per heavy atom. The van der Waals surface area contributed by atoms with Gasteiger partial charge in [0.1, 0.15) is 0 Å². The molecule has 3 heteroatoms. The second-order valence-electron chi connectivity index (χ2n) is 0.679. The molecule has 0 amide bonds. The minimum absolute atomic E-state index is 0.00926. The standard InChI is InChI=1S/C3H2BrClO/c1-2(5)3(4)6/h1H2. The predicted octanol–water partition coefficient (Wildman–Crippen LogP) is 1.66. The summed E-state index contributed by atoms with van der Waals surface area (Å²) in [5, 5.41) is 0.00926. The third kappa shape index (κ3) is 2.42. The monoisotopic (exact) mass is 168 g/mol. The van der Waals surface area contributed by atoms with E-state index in [1.54, 1.807) is 0 Å². The van der Waals surface area contributed by atoms with E-state index in [0.717, 1.165) is 0 Å². The molecule has 0 radical (unpaired) electrons. The Balaban J connectivity index is 3.57. The largest absolute Gasteiger partial charge is 0.280 e. The molecule has 0 saturated carbocycles. The van der Waals surface area contributed by atoms with Crippen molar-refractivity contribution < 1.29 is 4.79 Å². The molecule has 0 aliphatic heterocycles. The Labute approximate surface area is 49.1 Å². The number of hydrogen-bond donors (Lipinski definition) is 0. The van der Waals surface area contributed by atoms with Crippen LogP contribution in [0, 0.1) is 0 Å². The van der Waals surface area contributed by atoms with E-state index in [1.165, 1.54) is 0 Å². The normalized spacial score (nSPS) is 7.67. The molecule has 0 N–H and O–H groups in total. The van der Waals surface area contributed by atoms with Crippen molar-refractivity contribution in [2.45, 2.75) is 0 Å². The second-order valence-corrected chi connectivity index (χ2v) is 1.86. The fourth-order valence-corrected chi connectivity index (χ4v) is 0. The van der Waals surface area contributed by atoms with Crippen LogP contribution in [-0.4, -0.2) is 4.69 Å². The predicted molar refractivity (Wildman–Crippen MR) is 28.9 cm³/mol. The van der Waals surface area contributed by atoms with Crippen LogP contribution in [0.4, 0.5) is 0 Å². The van der Waals surface area contributed by atoms with Crippen molar-refractivity contribution in [3.63, 3.8) is 0 Å². The van der Waals surface area contributed by atoms with Crippen molar-refractivity contribution in [2.24, 2.45) is 0 Å². The molecule has 0 unspecified atom stereocenters. The van der Waals surface area contributed by atoms with Crippen molar-refractivity contribution in [1.82, 2.24) is 0 Å². The average Bonchev–Trinajstić information content (AvgIpc) is 1.36. The SMILES string of the molecule is C=C(Cl)C(=O)Br. The molecule has 0 atom stereocenters. The molecular weight excluding hydrogens is 167 g/mol. The van der Waals surface area contributed by atoms with Gasteiger partial charge >= 0.3 is 0 Å². The first-order valence-electron chi connectivity index (χ1n) is 1.19. The van der Waals surface area contributed by atoms with Crippen molar-refractivity contribution in [3.8, 4) is 0 Å². The molecule has 0 saturated heterocycles. The van der Waals surface area contributed by atoms with E-state index in [1.807, 2.05) is 0 Å². The maximum Gasteiger partial charge on any atom is 0.238 e. The highest BCUT2D eigenvalue weighted by molar-refractivity contribution is 9.18. The van der Waals surface area contributed by atoms with Gasteiger partial charge in [0.2, 0.25) is 4.69 Å². The third-order valence-corrected chi connectivity index (χ3v) is 1.09. The molecular formula is C3H2BrClO. The first-order chi connectivity index (χ1) is 2.64. The lowest BCUT2D eigenvalue weighted by Gasteiger charge is -1.75. The topological polar surface area (TPSA) is 17.1 Å². The van der Waals surface area contributed by atoms with Crippen LogP contribution in [0.2, 0.25) is 0 Å². The van der Waals surface area contributed by atoms with Crippen molar-refractivity contribution in [1.29, 1.82) is 0 Å². The molecule has 0 fully saturated rings. The van der Waals surface area contributed by atoms with E-state index in [4.69, 9.17) is 11.6 Å². The second kappa shape index (κ2) is 2.37. The lowest BCUT2D eigenvalue weighted by Crippen LogP contribution is -1.77. The average molecular weight is 169 g/mol. The van der Waals surface area contributed by atoms with Crippen molar-refractivity contribution >= 4 is 32.2 Å². The van der Waals surface area contributed by atoms with Gasteiger partial charge in [-0.1, -0.05) is 18.2 Å². The molecule has 0 spiro atoms. The zero-order valence-electron chi connectivity index (χ0n) is 2.87. The fraction of sp³-hybridized carbons (Fsp3) is 0. The lowest BCUT2D eigenvalue weighted by molar-refractivity contribution is -0.106. The summed E-state index contributed by atoms with van der Waals surface area (Å²) >= 11 is 7.59. The molecule has 0 rings (SSSR count). The Bertz CT molecular complexity index is 76.8. The molecule has 0 aromatic carbocycles. The summed E-state index contributed by atoms with van der Waals surface area (Å²) < 4.78 is -0.357. The Morgan fingerprint density at radius 2 is 2.00 bits per heavy atom. The first kappa shape index (κ1) is 6.18. The molecule has 34 valence electrons. The van der Waals surface area contributed by atoms with Gasteiger partial charge in [0, 0.05) is 0 Å². The van der Waals surface area contributed by atoms with Crippen molar-refractivity contribution in [3.05, 3.63) is 11.6 Å². The van der Waals surface area contributed by atoms with Gasteiger partial charge in [0.05, 0.1) is 5.03 Å². The highest BCUT2D eigenvalue weighted by Crippen LogP contribution is 2.01. The minimum Gasteiger partial charge on any atom is -0.280 e. The van der Waals surface area contributed by atoms with Gasteiger partial charge < -0.3 is 0 Å². The lowest BCUT2D eigenvalue weighted by atomic mass is 10.7. The molecule has 0 aliphatic carbocycles. The van der Waals surface area contributed by atoms with Crippen LogP contribution >= 0.6 is 27.5 Å². The van der Waals surface area contributed by atoms with Gasteiger partial charge in [0.15, 0.2) is 0 Å². The van der Waals surface area contributed by atoms with E-state index in [9.17, 15) is 4.79 Å². The molecule has 0 heterocycles. The molecule has 0 aromatic rings. The van der Waals surface area contributed by atoms with Crippen LogP contribution < -0.4 is 0 Å². The number of allylic oxidation sites excluding steroid dienone is 1. The summed E-state index contributed by atoms with van der Waals surface area (Å²) in [6.07, 6.45) is 0. The number of carbonyl (C=O) groups is 1. The molecule has 0 bridgehead atoms. The van der Waals surface area contributed by atoms with Gasteiger partial charge in [-0.15, -0.1) is 0 Å². The maximum absolute atomic E-state index is 9.83. The summed E-state index contributed by atoms with van der Waals surface area (Å²) in [7, 11) is 0. The van der Waals surface area contributed by atoms with Crippen LogP contribution in [0.1, 0.15) is 0 Å². The van der Waals surface area contributed by atoms with Gasteiger partial charge in [0.25, 0.3) is 0 Å². The Kier molecular flexibility index (Phi) is 2.44. The summed E-state index contributed by atoms with van der Waals surface area (Å²) in [4.78, 5) is 9.83. The van der Waals surface area contributed by atoms with Crippen LogP contribution in [0.15, 0.2) is 11.6 Å². The number of rotatable bonds is 1. The van der Waals surface area contributed by atoms with E-state index in [0.29, 0.717) is 0 Å². The quantitative estimate of drug-likeness (QED) is 0.431. The summed E-state index contributed by atoms with van der Waals surface area (Å²) in [6.45, 7) is 3.12. The van der Waals surface area contributed by atoms with Crippen LogP contribution in [0.5, 0.6) is 0 Å². The van der Waals surface area contributed by atoms with Crippen LogP contribution in [0.3, 0.4) is 0 Å². The van der Waals surface area contributed by atoms with Gasteiger partial charge in [-0.25, -0.2) is 0 Å². The van der Waals surface area contributed by atoms with E-state index in [-0.39, 0.29) is 9.72 Å². The molecule has 6 heavy (non-hydrogen) atoms. The van der Waals surface area contributed by atoms with Gasteiger partial charge in [-0.2, -0.15) is 0 Å². The molecule has 1 nitrogen and oxygen atoms in total. The van der Waals surface area contributed by atoms with Crippen molar-refractivity contribution in [2.75, 3.05) is 0 Å². The van der Waals surface area contributed by atoms with Crippen LogP contribution in [-0.2, 0) is 4.79 Å². The first-order valence-corrected chi connectivity index (χ1v) is 2.36. The third-order valence-electron chi connectivity index (χ3n) is 0.213. The van der Waals surface area contributed by atoms with Gasteiger partial charge in [-0.3, -0.25) is 4.79 Å². The molecule has 0 aromatic heterocycles. The van der Waals surface area contributed by atoms with Gasteiger partial charge in [-0.05, 0) is 15.9 Å². The van der Waals surface area contributed by atoms with Crippen LogP contribution in [0.25, 0.3) is 0 Å². The summed E-state index contributed by atoms with van der Waals surface area (Å²) in [6, 6.07) is 0.